The molecule has 5 nitrogen and oxygen atoms in total. The first kappa shape index (κ1) is 17.6. The fourth-order valence-corrected chi connectivity index (χ4v) is 3.99. The van der Waals surface area contributed by atoms with Crippen molar-refractivity contribution in [1.29, 1.82) is 0 Å². The highest BCUT2D eigenvalue weighted by Crippen LogP contribution is 2.37. The highest BCUT2D eigenvalue weighted by Gasteiger charge is 2.30. The van der Waals surface area contributed by atoms with Crippen LogP contribution in [0.4, 0.5) is 0 Å². The van der Waals surface area contributed by atoms with Crippen LogP contribution in [0.3, 0.4) is 0 Å². The summed E-state index contributed by atoms with van der Waals surface area (Å²) in [4.78, 5) is 19.3. The lowest BCUT2D eigenvalue weighted by atomic mass is 9.91. The highest BCUT2D eigenvalue weighted by molar-refractivity contribution is 5.68. The van der Waals surface area contributed by atoms with Gasteiger partial charge in [0, 0.05) is 12.3 Å². The summed E-state index contributed by atoms with van der Waals surface area (Å²) in [6.07, 6.45) is 11.7. The van der Waals surface area contributed by atoms with E-state index in [2.05, 4.69) is 0 Å². The van der Waals surface area contributed by atoms with Gasteiger partial charge in [0.2, 0.25) is 0 Å². The van der Waals surface area contributed by atoms with E-state index in [-0.39, 0.29) is 11.3 Å². The average molecular weight is 364 g/mol. The third kappa shape index (κ3) is 3.54. The van der Waals surface area contributed by atoms with E-state index in [0.717, 1.165) is 24.0 Å². The van der Waals surface area contributed by atoms with Crippen molar-refractivity contribution in [3.8, 4) is 5.75 Å². The molecule has 0 bridgehead atoms. The summed E-state index contributed by atoms with van der Waals surface area (Å²) in [6.45, 7) is 1.65. The van der Waals surface area contributed by atoms with Crippen molar-refractivity contribution in [2.24, 2.45) is 4.99 Å². The Morgan fingerprint density at radius 2 is 2.00 bits per heavy atom. The summed E-state index contributed by atoms with van der Waals surface area (Å²) >= 11 is 0. The second kappa shape index (κ2) is 7.43. The number of rotatable bonds is 3. The molecule has 27 heavy (non-hydrogen) atoms. The Morgan fingerprint density at radius 3 is 2.78 bits per heavy atom. The molecule has 1 unspecified atom stereocenters. The van der Waals surface area contributed by atoms with Crippen molar-refractivity contribution in [2.45, 2.75) is 51.1 Å². The molecule has 1 aromatic heterocycles. The van der Waals surface area contributed by atoms with Gasteiger partial charge in [0.1, 0.15) is 17.1 Å². The first-order chi connectivity index (χ1) is 13.1. The van der Waals surface area contributed by atoms with Crippen LogP contribution in [0.5, 0.6) is 5.75 Å². The number of fused-ring (bicyclic) bond motifs is 1. The molecule has 2 aliphatic rings. The van der Waals surface area contributed by atoms with E-state index in [0.29, 0.717) is 11.8 Å². The van der Waals surface area contributed by atoms with Gasteiger partial charge in [-0.05, 0) is 37.0 Å². The van der Waals surface area contributed by atoms with Crippen LogP contribution in [-0.2, 0) is 0 Å². The number of aryl methyl sites for hydroxylation is 1. The zero-order chi connectivity index (χ0) is 18.8. The van der Waals surface area contributed by atoms with Crippen molar-refractivity contribution in [2.75, 3.05) is 0 Å². The largest absolute Gasteiger partial charge is 0.507 e. The summed E-state index contributed by atoms with van der Waals surface area (Å²) in [7, 11) is 0. The SMILES string of the molecule is Cc1cc(O)c(C2c3ccccc3C=CN2C=NC2CCCCC2)c(=O)o1. The number of nitrogens with zero attached hydrogens (tertiary/aromatic N) is 2. The van der Waals surface area contributed by atoms with Crippen LogP contribution in [0.25, 0.3) is 6.08 Å². The monoisotopic (exact) mass is 364 g/mol. The van der Waals surface area contributed by atoms with E-state index < -0.39 is 11.7 Å². The normalized spacial score (nSPS) is 20.2. The lowest BCUT2D eigenvalue weighted by Gasteiger charge is -2.32. The molecule has 1 aromatic carbocycles. The van der Waals surface area contributed by atoms with Crippen LogP contribution in [-0.4, -0.2) is 22.4 Å². The minimum absolute atomic E-state index is 0.0464. The molecule has 2 aromatic rings. The van der Waals surface area contributed by atoms with Crippen LogP contribution in [0.15, 0.2) is 50.7 Å². The second-order valence-corrected chi connectivity index (χ2v) is 7.29. The summed E-state index contributed by atoms with van der Waals surface area (Å²) in [6, 6.07) is 9.24. The molecule has 5 heteroatoms. The molecule has 140 valence electrons. The molecule has 2 heterocycles. The standard InChI is InChI=1S/C22H24N2O3/c1-15-13-19(25)20(22(26)27-15)21-18-10-6-5-7-16(18)11-12-24(21)14-23-17-8-3-2-4-9-17/h5-7,10-14,17,21,25H,2-4,8-9H2,1H3. The first-order valence-electron chi connectivity index (χ1n) is 9.55. The van der Waals surface area contributed by atoms with Crippen LogP contribution in [0.2, 0.25) is 0 Å². The zero-order valence-corrected chi connectivity index (χ0v) is 15.5. The van der Waals surface area contributed by atoms with Crippen LogP contribution < -0.4 is 5.63 Å². The number of aliphatic imine (C=N–C) groups is 1. The Labute approximate surface area is 158 Å². The Kier molecular flexibility index (Phi) is 4.84. The molecule has 4 rings (SSSR count). The maximum Gasteiger partial charge on any atom is 0.345 e. The molecule has 0 spiro atoms. The molecule has 1 fully saturated rings. The molecule has 1 atom stereocenters. The third-order valence-corrected chi connectivity index (χ3v) is 5.36. The second-order valence-electron chi connectivity index (χ2n) is 7.29. The topological polar surface area (TPSA) is 66.0 Å². The van der Waals surface area contributed by atoms with Gasteiger partial charge in [-0.25, -0.2) is 4.79 Å². The third-order valence-electron chi connectivity index (χ3n) is 5.36. The Hall–Kier alpha value is -2.82. The van der Waals surface area contributed by atoms with E-state index in [1.807, 2.05) is 47.8 Å². The van der Waals surface area contributed by atoms with Gasteiger partial charge in [-0.2, -0.15) is 0 Å². The van der Waals surface area contributed by atoms with E-state index in [1.54, 1.807) is 6.92 Å². The minimum atomic E-state index is -0.515. The van der Waals surface area contributed by atoms with Gasteiger partial charge in [-0.15, -0.1) is 0 Å². The number of hydrogen-bond donors (Lipinski definition) is 1. The lowest BCUT2D eigenvalue weighted by molar-refractivity contribution is 0.382. The molecule has 1 aliphatic carbocycles. The zero-order valence-electron chi connectivity index (χ0n) is 15.5. The summed E-state index contributed by atoms with van der Waals surface area (Å²) in [5.74, 6) is 0.346. The Bertz CT molecular complexity index is 939. The summed E-state index contributed by atoms with van der Waals surface area (Å²) in [5, 5.41) is 10.5. The van der Waals surface area contributed by atoms with E-state index in [9.17, 15) is 9.90 Å². The number of benzene rings is 1. The van der Waals surface area contributed by atoms with Gasteiger partial charge in [0.15, 0.2) is 0 Å². The first-order valence-corrected chi connectivity index (χ1v) is 9.55. The highest BCUT2D eigenvalue weighted by atomic mass is 16.4. The maximum atomic E-state index is 12.6. The number of hydrogen-bond acceptors (Lipinski definition) is 4. The fourth-order valence-electron chi connectivity index (χ4n) is 3.99. The molecule has 1 N–H and O–H groups in total. The van der Waals surface area contributed by atoms with E-state index >= 15 is 0 Å². The Morgan fingerprint density at radius 1 is 1.22 bits per heavy atom. The van der Waals surface area contributed by atoms with Gasteiger partial charge in [0.25, 0.3) is 0 Å². The molecule has 1 aliphatic heterocycles. The maximum absolute atomic E-state index is 12.6. The van der Waals surface area contributed by atoms with Crippen LogP contribution in [0.1, 0.15) is 60.6 Å². The van der Waals surface area contributed by atoms with Gasteiger partial charge in [-0.3, -0.25) is 4.99 Å². The molecular weight excluding hydrogens is 340 g/mol. The van der Waals surface area contributed by atoms with Crippen molar-refractivity contribution in [1.82, 2.24) is 4.90 Å². The van der Waals surface area contributed by atoms with Crippen molar-refractivity contribution < 1.29 is 9.52 Å². The van der Waals surface area contributed by atoms with E-state index in [1.165, 1.54) is 25.3 Å². The Balaban J connectivity index is 1.77. The number of aromatic hydroxyl groups is 1. The van der Waals surface area contributed by atoms with Gasteiger partial charge < -0.3 is 14.4 Å². The van der Waals surface area contributed by atoms with Crippen LogP contribution in [0, 0.1) is 6.92 Å². The summed E-state index contributed by atoms with van der Waals surface area (Å²) < 4.78 is 5.29. The predicted octanol–water partition coefficient (Wildman–Crippen LogP) is 4.39. The summed E-state index contributed by atoms with van der Waals surface area (Å²) in [5.41, 5.74) is 1.69. The fraction of sp³-hybridized carbons (Fsp3) is 0.364. The van der Waals surface area contributed by atoms with Crippen LogP contribution >= 0.6 is 0 Å². The quantitative estimate of drug-likeness (QED) is 0.648. The average Bonchev–Trinajstić information content (AvgIpc) is 2.67. The minimum Gasteiger partial charge on any atom is -0.507 e. The van der Waals surface area contributed by atoms with Gasteiger partial charge in [0.05, 0.1) is 18.4 Å². The molecule has 0 amide bonds. The predicted molar refractivity (Wildman–Crippen MR) is 106 cm³/mol. The van der Waals surface area contributed by atoms with Gasteiger partial charge in [-0.1, -0.05) is 43.5 Å². The van der Waals surface area contributed by atoms with Crippen molar-refractivity contribution >= 4 is 12.4 Å². The van der Waals surface area contributed by atoms with Crippen molar-refractivity contribution in [3.05, 3.63) is 69.4 Å². The lowest BCUT2D eigenvalue weighted by Crippen LogP contribution is -2.31. The molecule has 0 saturated heterocycles. The van der Waals surface area contributed by atoms with E-state index in [4.69, 9.17) is 9.41 Å². The molecule has 1 saturated carbocycles. The smallest absolute Gasteiger partial charge is 0.345 e. The molecule has 0 radical (unpaired) electrons. The molecular formula is C22H24N2O3. The van der Waals surface area contributed by atoms with Crippen molar-refractivity contribution in [3.63, 3.8) is 0 Å². The van der Waals surface area contributed by atoms with Gasteiger partial charge >= 0.3 is 5.63 Å².